The molecule has 1 nitrogen and oxygen atoms in total. The average Bonchev–Trinajstić information content (AvgIpc) is 2.73. The van der Waals surface area contributed by atoms with Gasteiger partial charge in [0, 0.05) is 16.8 Å². The van der Waals surface area contributed by atoms with Crippen molar-refractivity contribution in [2.45, 2.75) is 18.9 Å². The second-order valence-electron chi connectivity index (χ2n) is 4.67. The van der Waals surface area contributed by atoms with Crippen LogP contribution in [0.1, 0.15) is 11.1 Å². The maximum absolute atomic E-state index is 12.8. The average molecular weight is 262 g/mol. The lowest BCUT2D eigenvalue weighted by atomic mass is 10.1. The first-order chi connectivity index (χ1) is 8.70. The summed E-state index contributed by atoms with van der Waals surface area (Å²) in [4.78, 5) is 0. The van der Waals surface area contributed by atoms with Crippen LogP contribution in [-0.2, 0) is 12.8 Å². The molecular formula is C15H13ClFN. The Balaban J connectivity index is 1.72. The summed E-state index contributed by atoms with van der Waals surface area (Å²) >= 11 is 5.99. The second kappa shape index (κ2) is 4.62. The number of hydrogen-bond acceptors (Lipinski definition) is 1. The first-order valence-electron chi connectivity index (χ1n) is 6.00. The number of anilines is 1. The molecule has 18 heavy (non-hydrogen) atoms. The molecular weight excluding hydrogens is 249 g/mol. The van der Waals surface area contributed by atoms with E-state index in [4.69, 9.17) is 11.6 Å². The van der Waals surface area contributed by atoms with Crippen LogP contribution < -0.4 is 5.32 Å². The molecule has 92 valence electrons. The number of hydrogen-bond donors (Lipinski definition) is 1. The van der Waals surface area contributed by atoms with Crippen LogP contribution in [0.2, 0.25) is 5.02 Å². The molecule has 1 N–H and O–H groups in total. The van der Waals surface area contributed by atoms with Gasteiger partial charge in [0.25, 0.3) is 0 Å². The van der Waals surface area contributed by atoms with Gasteiger partial charge in [0.2, 0.25) is 0 Å². The van der Waals surface area contributed by atoms with E-state index in [0.717, 1.165) is 23.6 Å². The lowest BCUT2D eigenvalue weighted by molar-refractivity contribution is 0.627. The van der Waals surface area contributed by atoms with Crippen molar-refractivity contribution in [2.24, 2.45) is 0 Å². The maximum Gasteiger partial charge on any atom is 0.123 e. The molecule has 0 bridgehead atoms. The molecule has 0 spiro atoms. The third-order valence-corrected chi connectivity index (χ3v) is 3.55. The van der Waals surface area contributed by atoms with Gasteiger partial charge in [-0.1, -0.05) is 17.7 Å². The Kier molecular flexibility index (Phi) is 2.96. The van der Waals surface area contributed by atoms with E-state index in [9.17, 15) is 4.39 Å². The Bertz CT molecular complexity index is 565. The first-order valence-corrected chi connectivity index (χ1v) is 6.38. The van der Waals surface area contributed by atoms with E-state index in [-0.39, 0.29) is 5.82 Å². The van der Waals surface area contributed by atoms with Gasteiger partial charge in [0.05, 0.1) is 0 Å². The van der Waals surface area contributed by atoms with Gasteiger partial charge in [-0.25, -0.2) is 4.39 Å². The van der Waals surface area contributed by atoms with Crippen LogP contribution in [0.25, 0.3) is 0 Å². The van der Waals surface area contributed by atoms with Crippen molar-refractivity contribution in [2.75, 3.05) is 5.32 Å². The molecule has 0 saturated heterocycles. The minimum absolute atomic E-state index is 0.206. The maximum atomic E-state index is 12.8. The monoisotopic (exact) mass is 261 g/mol. The summed E-state index contributed by atoms with van der Waals surface area (Å²) in [5, 5.41) is 4.21. The molecule has 0 heterocycles. The molecule has 3 heteroatoms. The first kappa shape index (κ1) is 11.5. The van der Waals surface area contributed by atoms with Gasteiger partial charge >= 0.3 is 0 Å². The number of benzene rings is 2. The van der Waals surface area contributed by atoms with Crippen LogP contribution in [0.5, 0.6) is 0 Å². The third kappa shape index (κ3) is 2.34. The normalized spacial score (nSPS) is 17.6. The van der Waals surface area contributed by atoms with Crippen LogP contribution in [0, 0.1) is 5.82 Å². The van der Waals surface area contributed by atoms with Gasteiger partial charge in [-0.2, -0.15) is 0 Å². The number of nitrogens with one attached hydrogen (secondary N) is 1. The molecule has 0 aromatic heterocycles. The summed E-state index contributed by atoms with van der Waals surface area (Å²) < 4.78 is 12.8. The van der Waals surface area contributed by atoms with Gasteiger partial charge in [0.1, 0.15) is 5.82 Å². The fourth-order valence-electron chi connectivity index (χ4n) is 2.47. The van der Waals surface area contributed by atoms with E-state index in [2.05, 4.69) is 11.4 Å². The van der Waals surface area contributed by atoms with Gasteiger partial charge in [0.15, 0.2) is 0 Å². The van der Waals surface area contributed by atoms with Crippen molar-refractivity contribution in [3.05, 3.63) is 64.4 Å². The van der Waals surface area contributed by atoms with E-state index in [1.807, 2.05) is 12.1 Å². The molecule has 0 aliphatic heterocycles. The lowest BCUT2D eigenvalue weighted by Crippen LogP contribution is -2.19. The summed E-state index contributed by atoms with van der Waals surface area (Å²) in [5.41, 5.74) is 3.61. The summed E-state index contributed by atoms with van der Waals surface area (Å²) in [6, 6.07) is 12.9. The fourth-order valence-corrected chi connectivity index (χ4v) is 2.67. The highest BCUT2D eigenvalue weighted by Crippen LogP contribution is 2.27. The van der Waals surface area contributed by atoms with Crippen molar-refractivity contribution < 1.29 is 4.39 Å². The number of rotatable bonds is 2. The molecule has 1 unspecified atom stereocenters. The highest BCUT2D eigenvalue weighted by molar-refractivity contribution is 6.30. The zero-order valence-corrected chi connectivity index (χ0v) is 10.5. The second-order valence-corrected chi connectivity index (χ2v) is 5.11. The van der Waals surface area contributed by atoms with Gasteiger partial charge in [-0.3, -0.25) is 0 Å². The molecule has 2 aromatic rings. The van der Waals surface area contributed by atoms with Crippen LogP contribution in [0.15, 0.2) is 42.5 Å². The Hall–Kier alpha value is -1.54. The van der Waals surface area contributed by atoms with Crippen molar-refractivity contribution in [1.82, 2.24) is 0 Å². The summed E-state index contributed by atoms with van der Waals surface area (Å²) in [7, 11) is 0. The van der Waals surface area contributed by atoms with Crippen molar-refractivity contribution >= 4 is 17.3 Å². The predicted molar refractivity (Wildman–Crippen MR) is 72.7 cm³/mol. The summed E-state index contributed by atoms with van der Waals surface area (Å²) in [6.07, 6.45) is 1.96. The molecule has 0 radical (unpaired) electrons. The zero-order chi connectivity index (χ0) is 12.5. The third-order valence-electron chi connectivity index (χ3n) is 3.32. The van der Waals surface area contributed by atoms with Crippen LogP contribution in [-0.4, -0.2) is 6.04 Å². The Morgan fingerprint density at radius 3 is 2.50 bits per heavy atom. The highest BCUT2D eigenvalue weighted by Gasteiger charge is 2.21. The molecule has 1 aliphatic carbocycles. The standard InChI is InChI=1S/C15H13ClFN/c16-12-2-1-10-8-15(9-11(10)7-12)18-14-5-3-13(17)4-6-14/h1-7,15,18H,8-9H2. The van der Waals surface area contributed by atoms with Crippen LogP contribution in [0.3, 0.4) is 0 Å². The van der Waals surface area contributed by atoms with Crippen molar-refractivity contribution in [3.63, 3.8) is 0 Å². The Labute approximate surface area is 111 Å². The molecule has 0 amide bonds. The molecule has 0 fully saturated rings. The van der Waals surface area contributed by atoms with E-state index in [1.165, 1.54) is 23.3 Å². The van der Waals surface area contributed by atoms with Gasteiger partial charge in [-0.05, 0) is 60.4 Å². The highest BCUT2D eigenvalue weighted by atomic mass is 35.5. The van der Waals surface area contributed by atoms with E-state index in [0.29, 0.717) is 6.04 Å². The Morgan fingerprint density at radius 1 is 1.00 bits per heavy atom. The van der Waals surface area contributed by atoms with Crippen molar-refractivity contribution in [3.8, 4) is 0 Å². The number of fused-ring (bicyclic) bond motifs is 1. The van der Waals surface area contributed by atoms with Gasteiger partial charge < -0.3 is 5.32 Å². The van der Waals surface area contributed by atoms with E-state index < -0.39 is 0 Å². The smallest absolute Gasteiger partial charge is 0.123 e. The fraction of sp³-hybridized carbons (Fsp3) is 0.200. The van der Waals surface area contributed by atoms with E-state index >= 15 is 0 Å². The predicted octanol–water partition coefficient (Wildman–Crippen LogP) is 4.06. The Morgan fingerprint density at radius 2 is 1.72 bits per heavy atom. The van der Waals surface area contributed by atoms with Crippen LogP contribution in [0.4, 0.5) is 10.1 Å². The molecule has 1 aliphatic rings. The minimum Gasteiger partial charge on any atom is -0.382 e. The topological polar surface area (TPSA) is 12.0 Å². The molecule has 1 atom stereocenters. The molecule has 2 aromatic carbocycles. The minimum atomic E-state index is -0.206. The summed E-state index contributed by atoms with van der Waals surface area (Å²) in [5.74, 6) is -0.206. The van der Waals surface area contributed by atoms with E-state index in [1.54, 1.807) is 12.1 Å². The molecule has 3 rings (SSSR count). The SMILES string of the molecule is Fc1ccc(NC2Cc3ccc(Cl)cc3C2)cc1. The number of halogens is 2. The summed E-state index contributed by atoms with van der Waals surface area (Å²) in [6.45, 7) is 0. The van der Waals surface area contributed by atoms with Gasteiger partial charge in [-0.15, -0.1) is 0 Å². The van der Waals surface area contributed by atoms with Crippen molar-refractivity contribution in [1.29, 1.82) is 0 Å². The zero-order valence-electron chi connectivity index (χ0n) is 9.79. The van der Waals surface area contributed by atoms with Crippen LogP contribution >= 0.6 is 11.6 Å². The molecule has 0 saturated carbocycles. The quantitative estimate of drug-likeness (QED) is 0.860. The largest absolute Gasteiger partial charge is 0.382 e. The lowest BCUT2D eigenvalue weighted by Gasteiger charge is -2.13.